The maximum atomic E-state index is 12.2. The van der Waals surface area contributed by atoms with Crippen molar-refractivity contribution in [2.24, 2.45) is 5.92 Å². The number of piperidine rings is 1. The van der Waals surface area contributed by atoms with Crippen LogP contribution in [0.25, 0.3) is 11.1 Å². The molecule has 0 radical (unpaired) electrons. The van der Waals surface area contributed by atoms with E-state index in [1.807, 2.05) is 6.92 Å². The van der Waals surface area contributed by atoms with Crippen LogP contribution in [0, 0.1) is 12.8 Å². The van der Waals surface area contributed by atoms with Crippen LogP contribution in [-0.2, 0) is 6.54 Å². The number of aromatic nitrogens is 1. The van der Waals surface area contributed by atoms with Crippen molar-refractivity contribution in [1.29, 1.82) is 0 Å². The highest BCUT2D eigenvalue weighted by Crippen LogP contribution is 2.32. The van der Waals surface area contributed by atoms with Crippen LogP contribution in [0.15, 0.2) is 15.3 Å². The van der Waals surface area contributed by atoms with Crippen molar-refractivity contribution >= 4 is 34.3 Å². The lowest BCUT2D eigenvalue weighted by Crippen LogP contribution is -2.35. The van der Waals surface area contributed by atoms with Gasteiger partial charge in [-0.15, -0.1) is 0 Å². The third-order valence-electron chi connectivity index (χ3n) is 5.61. The second-order valence-corrected chi connectivity index (χ2v) is 8.23. The van der Waals surface area contributed by atoms with Crippen LogP contribution in [0.2, 0.25) is 10.0 Å². The van der Waals surface area contributed by atoms with Gasteiger partial charge in [0, 0.05) is 11.6 Å². The lowest BCUT2D eigenvalue weighted by atomic mass is 9.91. The predicted octanol–water partition coefficient (Wildman–Crippen LogP) is 5.50. The monoisotopic (exact) mass is 398 g/mol. The first-order chi connectivity index (χ1) is 12.5. The molecule has 1 aliphatic rings. The molecule has 3 rings (SSSR count). The zero-order chi connectivity index (χ0) is 18.7. The fourth-order valence-corrected chi connectivity index (χ4v) is 4.36. The van der Waals surface area contributed by atoms with E-state index in [9.17, 15) is 4.79 Å². The highest BCUT2D eigenvalue weighted by atomic mass is 35.5. The maximum Gasteiger partial charge on any atom is 0.420 e. The van der Waals surface area contributed by atoms with Crippen molar-refractivity contribution in [3.05, 3.63) is 32.2 Å². The maximum absolute atomic E-state index is 12.2. The van der Waals surface area contributed by atoms with Crippen LogP contribution in [-0.4, -0.2) is 29.1 Å². The summed E-state index contributed by atoms with van der Waals surface area (Å²) in [5, 5.41) is 0.990. The Labute approximate surface area is 165 Å². The van der Waals surface area contributed by atoms with E-state index in [0.717, 1.165) is 24.4 Å². The third-order valence-corrected chi connectivity index (χ3v) is 6.46. The van der Waals surface area contributed by atoms with Crippen molar-refractivity contribution in [1.82, 2.24) is 9.47 Å². The smallest absolute Gasteiger partial charge is 0.406 e. The van der Waals surface area contributed by atoms with Crippen LogP contribution in [0.5, 0.6) is 0 Å². The first kappa shape index (κ1) is 19.8. The van der Waals surface area contributed by atoms with E-state index < -0.39 is 0 Å². The number of nitrogens with zero attached hydrogens (tertiary/aromatic N) is 2. The molecule has 144 valence electrons. The van der Waals surface area contributed by atoms with Crippen LogP contribution in [0.4, 0.5) is 0 Å². The zero-order valence-electron chi connectivity index (χ0n) is 15.7. The van der Waals surface area contributed by atoms with Gasteiger partial charge in [0.1, 0.15) is 0 Å². The minimum Gasteiger partial charge on any atom is -0.406 e. The lowest BCUT2D eigenvalue weighted by Gasteiger charge is -2.31. The number of benzene rings is 1. The molecule has 4 nitrogen and oxygen atoms in total. The second-order valence-electron chi connectivity index (χ2n) is 7.45. The highest BCUT2D eigenvalue weighted by molar-refractivity contribution is 6.39. The van der Waals surface area contributed by atoms with Crippen molar-refractivity contribution in [3.63, 3.8) is 0 Å². The normalized spacial score (nSPS) is 16.6. The summed E-state index contributed by atoms with van der Waals surface area (Å²) in [7, 11) is 0. The summed E-state index contributed by atoms with van der Waals surface area (Å²) >= 11 is 12.5. The van der Waals surface area contributed by atoms with Gasteiger partial charge >= 0.3 is 5.76 Å². The fraction of sp³-hybridized carbons (Fsp3) is 0.650. The molecule has 1 fully saturated rings. The molecule has 1 aliphatic heterocycles. The number of unbranched alkanes of at least 4 members (excludes halogenated alkanes) is 1. The van der Waals surface area contributed by atoms with Crippen LogP contribution >= 0.6 is 23.2 Å². The molecule has 0 saturated carbocycles. The van der Waals surface area contributed by atoms with Gasteiger partial charge in [-0.25, -0.2) is 4.79 Å². The van der Waals surface area contributed by atoms with Gasteiger partial charge in [0.05, 0.1) is 10.5 Å². The minimum atomic E-state index is -0.359. The molecular formula is C20H28Cl2N2O2. The summed E-state index contributed by atoms with van der Waals surface area (Å²) in [5.74, 6) is 0.543. The Balaban J connectivity index is 1.58. The van der Waals surface area contributed by atoms with Gasteiger partial charge in [0.2, 0.25) is 0 Å². The molecular weight excluding hydrogens is 371 g/mol. The number of halogens is 2. The Morgan fingerprint density at radius 2 is 1.92 bits per heavy atom. The highest BCUT2D eigenvalue weighted by Gasteiger charge is 2.19. The van der Waals surface area contributed by atoms with Gasteiger partial charge in [-0.05, 0) is 63.4 Å². The molecule has 0 spiro atoms. The largest absolute Gasteiger partial charge is 0.420 e. The van der Waals surface area contributed by atoms with Gasteiger partial charge in [-0.2, -0.15) is 0 Å². The molecule has 0 N–H and O–H groups in total. The predicted molar refractivity (Wildman–Crippen MR) is 109 cm³/mol. The van der Waals surface area contributed by atoms with Gasteiger partial charge in [0.25, 0.3) is 0 Å². The fourth-order valence-electron chi connectivity index (χ4n) is 3.88. The molecule has 0 atom stereocenters. The number of aryl methyl sites for hydroxylation is 1. The van der Waals surface area contributed by atoms with Gasteiger partial charge in [-0.1, -0.05) is 49.4 Å². The van der Waals surface area contributed by atoms with Gasteiger partial charge in [-0.3, -0.25) is 4.57 Å². The van der Waals surface area contributed by atoms with Crippen molar-refractivity contribution < 1.29 is 4.42 Å². The van der Waals surface area contributed by atoms with Crippen molar-refractivity contribution in [3.8, 4) is 0 Å². The molecule has 1 aromatic carbocycles. The molecule has 6 heteroatoms. The molecule has 2 aromatic rings. The summed E-state index contributed by atoms with van der Waals surface area (Å²) < 4.78 is 7.02. The second kappa shape index (κ2) is 8.81. The van der Waals surface area contributed by atoms with E-state index in [4.69, 9.17) is 27.6 Å². The Morgan fingerprint density at radius 1 is 1.19 bits per heavy atom. The van der Waals surface area contributed by atoms with Crippen molar-refractivity contribution in [2.45, 2.75) is 58.9 Å². The van der Waals surface area contributed by atoms with E-state index >= 15 is 0 Å². The average Bonchev–Trinajstić information content (AvgIpc) is 2.95. The van der Waals surface area contributed by atoms with E-state index in [1.165, 1.54) is 45.2 Å². The number of oxazole rings is 1. The standard InChI is InChI=1S/C20H28Cl2N2O2/c1-3-4-6-15-7-11-23(12-8-15)9-5-10-24-17-13-16(21)14(2)18(22)19(17)26-20(24)25/h13,15H,3-12H2,1-2H3. The lowest BCUT2D eigenvalue weighted by molar-refractivity contribution is 0.173. The Kier molecular flexibility index (Phi) is 6.70. The number of hydrogen-bond acceptors (Lipinski definition) is 3. The first-order valence-corrected chi connectivity index (χ1v) is 10.5. The Bertz CT molecular complexity index is 804. The summed E-state index contributed by atoms with van der Waals surface area (Å²) in [4.78, 5) is 14.7. The zero-order valence-corrected chi connectivity index (χ0v) is 17.2. The molecule has 0 bridgehead atoms. The van der Waals surface area contributed by atoms with Crippen LogP contribution < -0.4 is 5.76 Å². The van der Waals surface area contributed by atoms with E-state index in [1.54, 1.807) is 10.6 Å². The van der Waals surface area contributed by atoms with Crippen LogP contribution in [0.3, 0.4) is 0 Å². The summed E-state index contributed by atoms with van der Waals surface area (Å²) in [6, 6.07) is 1.78. The summed E-state index contributed by atoms with van der Waals surface area (Å²) in [6.45, 7) is 8.06. The molecule has 2 heterocycles. The molecule has 1 saturated heterocycles. The topological polar surface area (TPSA) is 38.4 Å². The first-order valence-electron chi connectivity index (χ1n) is 9.71. The molecule has 1 aromatic heterocycles. The van der Waals surface area contributed by atoms with E-state index in [0.29, 0.717) is 27.7 Å². The average molecular weight is 399 g/mol. The SMILES string of the molecule is CCCCC1CCN(CCCn2c(=O)oc3c(Cl)c(C)c(Cl)cc32)CC1. The summed E-state index contributed by atoms with van der Waals surface area (Å²) in [5.41, 5.74) is 1.87. The molecule has 0 unspecified atom stereocenters. The van der Waals surface area contributed by atoms with E-state index in [2.05, 4.69) is 11.8 Å². The van der Waals surface area contributed by atoms with E-state index in [-0.39, 0.29) is 5.76 Å². The Morgan fingerprint density at radius 3 is 2.62 bits per heavy atom. The molecule has 0 aliphatic carbocycles. The summed E-state index contributed by atoms with van der Waals surface area (Å²) in [6.07, 6.45) is 7.55. The van der Waals surface area contributed by atoms with Gasteiger partial charge < -0.3 is 9.32 Å². The molecule has 26 heavy (non-hydrogen) atoms. The molecule has 0 amide bonds. The number of likely N-dealkylation sites (tertiary alicyclic amines) is 1. The quantitative estimate of drug-likeness (QED) is 0.617. The number of hydrogen-bond donors (Lipinski definition) is 0. The number of rotatable bonds is 7. The van der Waals surface area contributed by atoms with Crippen molar-refractivity contribution in [2.75, 3.05) is 19.6 Å². The minimum absolute atomic E-state index is 0.359. The van der Waals surface area contributed by atoms with Gasteiger partial charge in [0.15, 0.2) is 5.58 Å². The van der Waals surface area contributed by atoms with Crippen LogP contribution in [0.1, 0.15) is 51.0 Å². The number of fused-ring (bicyclic) bond motifs is 1. The Hall–Kier alpha value is -0.970. The third kappa shape index (κ3) is 4.29.